The molecule has 6 nitrogen and oxygen atoms in total. The fraction of sp³-hybridized carbons (Fsp3) is 0.500. The van der Waals surface area contributed by atoms with E-state index >= 15 is 0 Å². The number of fused-ring (bicyclic) bond motifs is 1. The van der Waals surface area contributed by atoms with Gasteiger partial charge in [-0.3, -0.25) is 4.79 Å². The quantitative estimate of drug-likeness (QED) is 0.801. The lowest BCUT2D eigenvalue weighted by Gasteiger charge is -2.29. The maximum Gasteiger partial charge on any atom is 0.410 e. The largest absolute Gasteiger partial charge is 0.459 e. The van der Waals surface area contributed by atoms with E-state index in [2.05, 4.69) is 0 Å². The minimum absolute atomic E-state index is 0.0483. The summed E-state index contributed by atoms with van der Waals surface area (Å²) in [6, 6.07) is 9.47. The third-order valence-corrected chi connectivity index (χ3v) is 4.06. The SMILES string of the molecule is CCN(C(=O)CN(C)C(=O)OC(C)(C)C)C(C)c1cc2ccccc2o1. The van der Waals surface area contributed by atoms with Crippen molar-refractivity contribution >= 4 is 23.0 Å². The number of amides is 2. The van der Waals surface area contributed by atoms with E-state index in [1.165, 1.54) is 4.90 Å². The van der Waals surface area contributed by atoms with E-state index in [1.807, 2.05) is 44.2 Å². The molecule has 26 heavy (non-hydrogen) atoms. The van der Waals surface area contributed by atoms with Crippen molar-refractivity contribution in [2.24, 2.45) is 0 Å². The molecule has 0 saturated heterocycles. The summed E-state index contributed by atoms with van der Waals surface area (Å²) < 4.78 is 11.2. The highest BCUT2D eigenvalue weighted by Gasteiger charge is 2.26. The summed E-state index contributed by atoms with van der Waals surface area (Å²) >= 11 is 0. The minimum Gasteiger partial charge on any atom is -0.459 e. The van der Waals surface area contributed by atoms with Crippen LogP contribution in [0.25, 0.3) is 11.0 Å². The van der Waals surface area contributed by atoms with Gasteiger partial charge in [0.2, 0.25) is 5.91 Å². The highest BCUT2D eigenvalue weighted by atomic mass is 16.6. The van der Waals surface area contributed by atoms with Gasteiger partial charge in [-0.05, 0) is 46.8 Å². The van der Waals surface area contributed by atoms with E-state index in [9.17, 15) is 9.59 Å². The van der Waals surface area contributed by atoms with E-state index in [-0.39, 0.29) is 18.5 Å². The van der Waals surface area contributed by atoms with Crippen LogP contribution in [0.1, 0.15) is 46.4 Å². The summed E-state index contributed by atoms with van der Waals surface area (Å²) in [5, 5.41) is 1.00. The molecule has 0 fully saturated rings. The van der Waals surface area contributed by atoms with Crippen molar-refractivity contribution in [1.29, 1.82) is 0 Å². The number of carbonyl (C=O) groups excluding carboxylic acids is 2. The minimum atomic E-state index is -0.597. The fourth-order valence-electron chi connectivity index (χ4n) is 2.73. The van der Waals surface area contributed by atoms with Crippen molar-refractivity contribution < 1.29 is 18.7 Å². The molecule has 0 radical (unpaired) electrons. The summed E-state index contributed by atoms with van der Waals surface area (Å²) in [4.78, 5) is 27.8. The van der Waals surface area contributed by atoms with Crippen molar-refractivity contribution in [1.82, 2.24) is 9.80 Å². The number of rotatable bonds is 5. The molecule has 1 unspecified atom stereocenters. The Labute approximate surface area is 154 Å². The number of nitrogens with zero attached hydrogens (tertiary/aromatic N) is 2. The Balaban J connectivity index is 2.08. The average molecular weight is 360 g/mol. The lowest BCUT2D eigenvalue weighted by Crippen LogP contribution is -2.43. The maximum absolute atomic E-state index is 12.7. The van der Waals surface area contributed by atoms with Gasteiger partial charge in [0.05, 0.1) is 6.04 Å². The van der Waals surface area contributed by atoms with E-state index in [0.29, 0.717) is 6.54 Å². The Bertz CT molecular complexity index is 742. The number of para-hydroxylation sites is 1. The lowest BCUT2D eigenvalue weighted by molar-refractivity contribution is -0.134. The van der Waals surface area contributed by atoms with Gasteiger partial charge in [0.1, 0.15) is 23.5 Å². The van der Waals surface area contributed by atoms with E-state index < -0.39 is 11.7 Å². The van der Waals surface area contributed by atoms with E-state index in [4.69, 9.17) is 9.15 Å². The molecule has 142 valence electrons. The molecule has 1 aromatic carbocycles. The van der Waals surface area contributed by atoms with Crippen LogP contribution >= 0.6 is 0 Å². The van der Waals surface area contributed by atoms with Gasteiger partial charge in [0.25, 0.3) is 0 Å². The van der Waals surface area contributed by atoms with Crippen LogP contribution in [0.5, 0.6) is 0 Å². The first-order valence-corrected chi connectivity index (χ1v) is 8.84. The third kappa shape index (κ3) is 4.77. The Kier molecular flexibility index (Phi) is 5.95. The summed E-state index contributed by atoms with van der Waals surface area (Å²) in [5.41, 5.74) is 0.198. The zero-order chi connectivity index (χ0) is 19.5. The monoisotopic (exact) mass is 360 g/mol. The van der Waals surface area contributed by atoms with Gasteiger partial charge in [-0.15, -0.1) is 0 Å². The van der Waals surface area contributed by atoms with Crippen LogP contribution in [-0.2, 0) is 9.53 Å². The number of likely N-dealkylation sites (N-methyl/N-ethyl adjacent to an activating group) is 2. The van der Waals surface area contributed by atoms with Crippen molar-refractivity contribution in [3.05, 3.63) is 36.1 Å². The zero-order valence-electron chi connectivity index (χ0n) is 16.4. The van der Waals surface area contributed by atoms with Crippen LogP contribution in [0.15, 0.2) is 34.7 Å². The molecule has 0 bridgehead atoms. The first-order chi connectivity index (χ1) is 12.1. The van der Waals surface area contributed by atoms with Gasteiger partial charge in [0, 0.05) is 19.0 Å². The molecule has 0 spiro atoms. The molecular formula is C20H28N2O4. The molecule has 2 aromatic rings. The normalized spacial score (nSPS) is 12.7. The molecule has 0 saturated carbocycles. The fourth-order valence-corrected chi connectivity index (χ4v) is 2.73. The smallest absolute Gasteiger partial charge is 0.410 e. The molecule has 0 aliphatic carbocycles. The van der Waals surface area contributed by atoms with Gasteiger partial charge >= 0.3 is 6.09 Å². The van der Waals surface area contributed by atoms with Crippen molar-refractivity contribution in [3.63, 3.8) is 0 Å². The van der Waals surface area contributed by atoms with Crippen molar-refractivity contribution in [2.45, 2.75) is 46.3 Å². The van der Waals surface area contributed by atoms with Crippen LogP contribution in [-0.4, -0.2) is 47.5 Å². The molecule has 1 atom stereocenters. The van der Waals surface area contributed by atoms with Gasteiger partial charge in [0.15, 0.2) is 0 Å². The summed E-state index contributed by atoms with van der Waals surface area (Å²) in [6.45, 7) is 9.68. The van der Waals surface area contributed by atoms with Crippen molar-refractivity contribution in [2.75, 3.05) is 20.1 Å². The molecule has 2 amide bonds. The average Bonchev–Trinajstić information content (AvgIpc) is 2.97. The molecule has 0 N–H and O–H groups in total. The third-order valence-electron chi connectivity index (χ3n) is 4.06. The number of hydrogen-bond acceptors (Lipinski definition) is 4. The van der Waals surface area contributed by atoms with E-state index in [0.717, 1.165) is 16.7 Å². The summed E-state index contributed by atoms with van der Waals surface area (Å²) in [7, 11) is 1.56. The summed E-state index contributed by atoms with van der Waals surface area (Å²) in [5.74, 6) is 0.565. The Morgan fingerprint density at radius 1 is 1.23 bits per heavy atom. The standard InChI is InChI=1S/C20H28N2O4/c1-7-22(18(23)13-21(6)19(24)26-20(3,4)5)14(2)17-12-15-10-8-9-11-16(15)25-17/h8-12,14H,7,13H2,1-6H3. The topological polar surface area (TPSA) is 63.0 Å². The lowest BCUT2D eigenvalue weighted by atomic mass is 10.2. The number of benzene rings is 1. The van der Waals surface area contributed by atoms with Crippen LogP contribution < -0.4 is 0 Å². The highest BCUT2D eigenvalue weighted by Crippen LogP contribution is 2.27. The van der Waals surface area contributed by atoms with Crippen LogP contribution in [0.2, 0.25) is 0 Å². The number of carbonyl (C=O) groups is 2. The van der Waals surface area contributed by atoms with Gasteiger partial charge in [-0.2, -0.15) is 0 Å². The molecule has 6 heteroatoms. The predicted molar refractivity (Wildman–Crippen MR) is 101 cm³/mol. The first kappa shape index (κ1) is 19.8. The molecule has 1 aromatic heterocycles. The van der Waals surface area contributed by atoms with E-state index in [1.54, 1.807) is 32.7 Å². The molecule has 1 heterocycles. The van der Waals surface area contributed by atoms with Crippen LogP contribution in [0.4, 0.5) is 4.79 Å². The maximum atomic E-state index is 12.7. The number of furan rings is 1. The predicted octanol–water partition coefficient (Wildman–Crippen LogP) is 4.21. The van der Waals surface area contributed by atoms with Crippen molar-refractivity contribution in [3.8, 4) is 0 Å². The van der Waals surface area contributed by atoms with Crippen LogP contribution in [0, 0.1) is 0 Å². The first-order valence-electron chi connectivity index (χ1n) is 8.84. The number of ether oxygens (including phenoxy) is 1. The summed E-state index contributed by atoms with van der Waals surface area (Å²) in [6.07, 6.45) is -0.515. The molecule has 0 aliphatic rings. The Morgan fingerprint density at radius 3 is 2.46 bits per heavy atom. The number of hydrogen-bond donors (Lipinski definition) is 0. The van der Waals surface area contributed by atoms with Crippen LogP contribution in [0.3, 0.4) is 0 Å². The van der Waals surface area contributed by atoms with Gasteiger partial charge in [-0.1, -0.05) is 18.2 Å². The second kappa shape index (κ2) is 7.81. The molecular weight excluding hydrogens is 332 g/mol. The molecule has 0 aliphatic heterocycles. The Morgan fingerprint density at radius 2 is 1.88 bits per heavy atom. The second-order valence-corrected chi connectivity index (χ2v) is 7.38. The second-order valence-electron chi connectivity index (χ2n) is 7.38. The van der Waals surface area contributed by atoms with Gasteiger partial charge < -0.3 is 19.0 Å². The zero-order valence-corrected chi connectivity index (χ0v) is 16.4. The molecule has 2 rings (SSSR count). The highest BCUT2D eigenvalue weighted by molar-refractivity contribution is 5.83. The van der Waals surface area contributed by atoms with Gasteiger partial charge in [-0.25, -0.2) is 4.79 Å². The Hall–Kier alpha value is -2.50.